The number of hydrogen-bond acceptors (Lipinski definition) is 8. The van der Waals surface area contributed by atoms with Crippen LogP contribution in [0.4, 0.5) is 5.69 Å². The lowest BCUT2D eigenvalue weighted by molar-refractivity contribution is -0.139. The van der Waals surface area contributed by atoms with Crippen molar-refractivity contribution in [2.24, 2.45) is 11.0 Å². The average molecular weight is 373 g/mol. The monoisotopic (exact) mass is 373 g/mol. The summed E-state index contributed by atoms with van der Waals surface area (Å²) in [6, 6.07) is 5.70. The molecule has 3 heterocycles. The molecule has 2 amide bonds. The van der Waals surface area contributed by atoms with Gasteiger partial charge in [0.15, 0.2) is 5.71 Å². The van der Waals surface area contributed by atoms with Gasteiger partial charge in [0.25, 0.3) is 5.91 Å². The van der Waals surface area contributed by atoms with Crippen LogP contribution in [0.25, 0.3) is 0 Å². The van der Waals surface area contributed by atoms with Crippen molar-refractivity contribution in [1.82, 2.24) is 5.43 Å². The van der Waals surface area contributed by atoms with Crippen molar-refractivity contribution in [1.29, 1.82) is 0 Å². The number of carbonyl (C=O) groups excluding carboxylic acids is 3. The maximum atomic E-state index is 12.9. The van der Waals surface area contributed by atoms with Crippen molar-refractivity contribution in [3.63, 3.8) is 0 Å². The summed E-state index contributed by atoms with van der Waals surface area (Å²) < 4.78 is 15.8. The molecule has 1 aromatic rings. The van der Waals surface area contributed by atoms with Crippen molar-refractivity contribution < 1.29 is 28.6 Å². The van der Waals surface area contributed by atoms with Crippen molar-refractivity contribution >= 4 is 29.2 Å². The highest BCUT2D eigenvalue weighted by molar-refractivity contribution is 6.46. The van der Waals surface area contributed by atoms with Gasteiger partial charge in [0, 0.05) is 12.7 Å². The number of ether oxygens (including phenoxy) is 3. The minimum Gasteiger partial charge on any atom is -0.497 e. The van der Waals surface area contributed by atoms with Gasteiger partial charge in [-0.2, -0.15) is 5.10 Å². The predicted octanol–water partition coefficient (Wildman–Crippen LogP) is 0.235. The fourth-order valence-electron chi connectivity index (χ4n) is 3.48. The summed E-state index contributed by atoms with van der Waals surface area (Å²) in [5.74, 6) is -2.18. The van der Waals surface area contributed by atoms with Crippen molar-refractivity contribution in [3.8, 4) is 5.75 Å². The number of nitrogens with one attached hydrogen (secondary N) is 1. The molecule has 3 aliphatic rings. The van der Waals surface area contributed by atoms with Gasteiger partial charge in [-0.1, -0.05) is 6.07 Å². The van der Waals surface area contributed by atoms with Gasteiger partial charge in [-0.15, -0.1) is 0 Å². The number of methoxy groups -OCH3 is 1. The first-order valence-corrected chi connectivity index (χ1v) is 8.74. The summed E-state index contributed by atoms with van der Waals surface area (Å²) in [6.45, 7) is 0.759. The molecule has 0 radical (unpaired) electrons. The molecule has 1 N–H and O–H groups in total. The second-order valence-electron chi connectivity index (χ2n) is 6.53. The van der Waals surface area contributed by atoms with Crippen LogP contribution in [0.1, 0.15) is 12.8 Å². The summed E-state index contributed by atoms with van der Waals surface area (Å²) in [6.07, 6.45) is 1.62. The van der Waals surface area contributed by atoms with Gasteiger partial charge in [0.2, 0.25) is 5.91 Å². The number of imide groups is 1. The van der Waals surface area contributed by atoms with Crippen LogP contribution in [0.15, 0.2) is 29.4 Å². The van der Waals surface area contributed by atoms with Gasteiger partial charge < -0.3 is 14.2 Å². The van der Waals surface area contributed by atoms with E-state index in [2.05, 4.69) is 10.5 Å². The first-order chi connectivity index (χ1) is 13.1. The van der Waals surface area contributed by atoms with E-state index in [-0.39, 0.29) is 18.4 Å². The molecule has 9 heteroatoms. The predicted molar refractivity (Wildman–Crippen MR) is 93.3 cm³/mol. The second-order valence-corrected chi connectivity index (χ2v) is 6.53. The van der Waals surface area contributed by atoms with E-state index < -0.39 is 29.7 Å². The lowest BCUT2D eigenvalue weighted by Crippen LogP contribution is -2.36. The van der Waals surface area contributed by atoms with Crippen LogP contribution in [-0.2, 0) is 23.9 Å². The Morgan fingerprint density at radius 3 is 2.96 bits per heavy atom. The third kappa shape index (κ3) is 3.03. The Morgan fingerprint density at radius 2 is 2.22 bits per heavy atom. The van der Waals surface area contributed by atoms with Crippen LogP contribution in [0, 0.1) is 5.92 Å². The smallest absolute Gasteiger partial charge is 0.355 e. The molecule has 0 unspecified atom stereocenters. The number of nitrogens with zero attached hydrogens (tertiary/aromatic N) is 2. The Hall–Kier alpha value is -2.94. The van der Waals surface area contributed by atoms with Crippen molar-refractivity contribution in [2.45, 2.75) is 25.0 Å². The molecule has 0 saturated carbocycles. The number of amides is 2. The van der Waals surface area contributed by atoms with E-state index in [0.717, 1.165) is 17.7 Å². The summed E-state index contributed by atoms with van der Waals surface area (Å²) >= 11 is 0. The summed E-state index contributed by atoms with van der Waals surface area (Å²) in [5.41, 5.74) is 2.90. The Kier molecular flexibility index (Phi) is 4.53. The van der Waals surface area contributed by atoms with Gasteiger partial charge in [-0.25, -0.2) is 9.69 Å². The number of benzene rings is 1. The molecule has 2 fully saturated rings. The minimum absolute atomic E-state index is 0.0817. The lowest BCUT2D eigenvalue weighted by Gasteiger charge is -2.16. The number of fused-ring (bicyclic) bond motifs is 1. The van der Waals surface area contributed by atoms with E-state index >= 15 is 0 Å². The SMILES string of the molecule is COc1cccc(N2C(=O)[C@H]3C(C(=O)OC[C@@H]4CCCO4)=NN[C@@H]3C2=O)c1. The van der Waals surface area contributed by atoms with E-state index in [4.69, 9.17) is 14.2 Å². The van der Waals surface area contributed by atoms with Crippen LogP contribution < -0.4 is 15.1 Å². The Bertz CT molecular complexity index is 817. The molecule has 4 rings (SSSR count). The first kappa shape index (κ1) is 17.5. The van der Waals surface area contributed by atoms with Gasteiger partial charge in [-0.3, -0.25) is 15.0 Å². The van der Waals surface area contributed by atoms with E-state index in [0.29, 0.717) is 18.0 Å². The zero-order valence-electron chi connectivity index (χ0n) is 14.7. The van der Waals surface area contributed by atoms with Crippen molar-refractivity contribution in [3.05, 3.63) is 24.3 Å². The topological polar surface area (TPSA) is 107 Å². The molecule has 0 bridgehead atoms. The molecule has 27 heavy (non-hydrogen) atoms. The highest BCUT2D eigenvalue weighted by atomic mass is 16.6. The molecule has 9 nitrogen and oxygen atoms in total. The van der Waals surface area contributed by atoms with Crippen LogP contribution in [0.2, 0.25) is 0 Å². The molecule has 142 valence electrons. The van der Waals surface area contributed by atoms with Gasteiger partial charge in [0.05, 0.1) is 18.9 Å². The normalized spacial score (nSPS) is 26.6. The van der Waals surface area contributed by atoms with Crippen LogP contribution in [0.5, 0.6) is 5.75 Å². The third-order valence-electron chi connectivity index (χ3n) is 4.87. The Morgan fingerprint density at radius 1 is 1.37 bits per heavy atom. The number of carbonyl (C=O) groups is 3. The lowest BCUT2D eigenvalue weighted by atomic mass is 9.99. The zero-order valence-corrected chi connectivity index (χ0v) is 14.7. The number of esters is 1. The molecule has 0 aliphatic carbocycles. The Balaban J connectivity index is 1.50. The standard InChI is InChI=1S/C18H19N3O6/c1-25-11-5-2-4-10(8-11)21-16(22)13-14(17(21)23)19-20-15(13)18(24)27-9-12-6-3-7-26-12/h2,4-5,8,12-14,19H,3,6-7,9H2,1H3/t12-,13+,14-/m0/s1. The van der Waals surface area contributed by atoms with Gasteiger partial charge in [-0.05, 0) is 25.0 Å². The van der Waals surface area contributed by atoms with Gasteiger partial charge >= 0.3 is 5.97 Å². The third-order valence-corrected chi connectivity index (χ3v) is 4.87. The molecule has 2 saturated heterocycles. The molecule has 0 aromatic heterocycles. The largest absolute Gasteiger partial charge is 0.497 e. The fourth-order valence-corrected chi connectivity index (χ4v) is 3.48. The van der Waals surface area contributed by atoms with E-state index in [1.165, 1.54) is 7.11 Å². The average Bonchev–Trinajstić information content (AvgIpc) is 3.39. The summed E-state index contributed by atoms with van der Waals surface area (Å²) in [5, 5.41) is 3.89. The van der Waals surface area contributed by atoms with Gasteiger partial charge in [0.1, 0.15) is 24.3 Å². The van der Waals surface area contributed by atoms with E-state index in [1.807, 2.05) is 0 Å². The fraction of sp³-hybridized carbons (Fsp3) is 0.444. The van der Waals surface area contributed by atoms with E-state index in [9.17, 15) is 14.4 Å². The number of anilines is 1. The molecule has 3 aliphatic heterocycles. The number of rotatable bonds is 5. The summed E-state index contributed by atoms with van der Waals surface area (Å²) in [4.78, 5) is 39.0. The Labute approximate surface area is 155 Å². The maximum absolute atomic E-state index is 12.9. The second kappa shape index (κ2) is 6.99. The molecular weight excluding hydrogens is 354 g/mol. The molecule has 3 atom stereocenters. The van der Waals surface area contributed by atoms with E-state index in [1.54, 1.807) is 24.3 Å². The van der Waals surface area contributed by atoms with Crippen LogP contribution in [0.3, 0.4) is 0 Å². The van der Waals surface area contributed by atoms with Crippen LogP contribution in [-0.4, -0.2) is 56.0 Å². The first-order valence-electron chi connectivity index (χ1n) is 8.74. The quantitative estimate of drug-likeness (QED) is 0.582. The summed E-state index contributed by atoms with van der Waals surface area (Å²) in [7, 11) is 1.50. The minimum atomic E-state index is -0.999. The highest BCUT2D eigenvalue weighted by Gasteiger charge is 2.55. The number of hydrazone groups is 1. The van der Waals surface area contributed by atoms with Crippen molar-refractivity contribution in [2.75, 3.05) is 25.2 Å². The van der Waals surface area contributed by atoms with Crippen LogP contribution >= 0.6 is 0 Å². The molecule has 1 aromatic carbocycles. The molecule has 0 spiro atoms. The highest BCUT2D eigenvalue weighted by Crippen LogP contribution is 2.32. The maximum Gasteiger partial charge on any atom is 0.355 e. The zero-order chi connectivity index (χ0) is 19.0. The molecular formula is C18H19N3O6. The number of hydrogen-bond donors (Lipinski definition) is 1.